The highest BCUT2D eigenvalue weighted by atomic mass is 35.5. The summed E-state index contributed by atoms with van der Waals surface area (Å²) in [6.07, 6.45) is 4.62. The van der Waals surface area contributed by atoms with E-state index in [1.165, 1.54) is 0 Å². The highest BCUT2D eigenvalue weighted by Gasteiger charge is 2.13. The van der Waals surface area contributed by atoms with Gasteiger partial charge in [0.25, 0.3) is 0 Å². The number of hydrogen-bond donors (Lipinski definition) is 0. The third kappa shape index (κ3) is 3.18. The molecule has 0 N–H and O–H groups in total. The van der Waals surface area contributed by atoms with Crippen LogP contribution in [0.2, 0.25) is 0 Å². The molecule has 2 rings (SSSR count). The van der Waals surface area contributed by atoms with Gasteiger partial charge in [-0.1, -0.05) is 13.8 Å². The average molecular weight is 281 g/mol. The number of alkyl halides is 1. The van der Waals surface area contributed by atoms with Crippen LogP contribution in [0, 0.1) is 0 Å². The van der Waals surface area contributed by atoms with Crippen molar-refractivity contribution >= 4 is 22.9 Å². The smallest absolute Gasteiger partial charge is 0.154 e. The molecule has 2 aromatic rings. The van der Waals surface area contributed by atoms with E-state index in [4.69, 9.17) is 11.6 Å². The van der Waals surface area contributed by atoms with E-state index in [2.05, 4.69) is 34.9 Å². The van der Waals surface area contributed by atoms with E-state index in [0.29, 0.717) is 5.92 Å². The van der Waals surface area contributed by atoms with Crippen LogP contribution in [0.25, 0.3) is 5.52 Å². The Morgan fingerprint density at radius 2 is 2.11 bits per heavy atom. The van der Waals surface area contributed by atoms with Gasteiger partial charge in [0.1, 0.15) is 5.52 Å². The molecule has 0 aliphatic heterocycles. The molecule has 0 aliphatic carbocycles. The maximum atomic E-state index is 6.01. The van der Waals surface area contributed by atoms with Gasteiger partial charge in [0.2, 0.25) is 0 Å². The Bertz CT molecular complexity index is 547. The van der Waals surface area contributed by atoms with Crippen molar-refractivity contribution in [3.63, 3.8) is 0 Å². The molecule has 0 aromatic carbocycles. The SMILES string of the molecule is CC(Cl)CCN(C)c1nccn2nc(C(C)C)cc12. The third-order valence-electron chi connectivity index (χ3n) is 3.20. The van der Waals surface area contributed by atoms with Gasteiger partial charge in [-0.15, -0.1) is 11.6 Å². The van der Waals surface area contributed by atoms with Gasteiger partial charge in [0.15, 0.2) is 5.82 Å². The standard InChI is InChI=1S/C14H21ClN4/c1-10(2)12-9-13-14(16-6-8-19(13)17-12)18(4)7-5-11(3)15/h6,8-11H,5,7H2,1-4H3. The fraction of sp³-hybridized carbons (Fsp3) is 0.571. The average Bonchev–Trinajstić information content (AvgIpc) is 2.79. The van der Waals surface area contributed by atoms with Crippen molar-refractivity contribution in [1.29, 1.82) is 0 Å². The summed E-state index contributed by atoms with van der Waals surface area (Å²) in [5.74, 6) is 1.38. The number of anilines is 1. The van der Waals surface area contributed by atoms with Crippen LogP contribution in [0.5, 0.6) is 0 Å². The van der Waals surface area contributed by atoms with Gasteiger partial charge >= 0.3 is 0 Å². The Labute approximate surface area is 119 Å². The van der Waals surface area contributed by atoms with Gasteiger partial charge in [0, 0.05) is 31.4 Å². The van der Waals surface area contributed by atoms with Gasteiger partial charge in [-0.05, 0) is 25.3 Å². The molecule has 0 saturated heterocycles. The third-order valence-corrected chi connectivity index (χ3v) is 3.42. The predicted octanol–water partition coefficient (Wildman–Crippen LogP) is 3.31. The Balaban J connectivity index is 2.32. The van der Waals surface area contributed by atoms with Crippen molar-refractivity contribution in [2.24, 2.45) is 0 Å². The highest BCUT2D eigenvalue weighted by Crippen LogP contribution is 2.22. The lowest BCUT2D eigenvalue weighted by Gasteiger charge is -2.19. The van der Waals surface area contributed by atoms with Crippen molar-refractivity contribution in [1.82, 2.24) is 14.6 Å². The number of fused-ring (bicyclic) bond motifs is 1. The van der Waals surface area contributed by atoms with E-state index < -0.39 is 0 Å². The minimum Gasteiger partial charge on any atom is -0.358 e. The van der Waals surface area contributed by atoms with E-state index >= 15 is 0 Å². The second kappa shape index (κ2) is 5.78. The summed E-state index contributed by atoms with van der Waals surface area (Å²) in [7, 11) is 2.05. The Morgan fingerprint density at radius 1 is 1.37 bits per heavy atom. The minimum atomic E-state index is 0.179. The number of hydrogen-bond acceptors (Lipinski definition) is 3. The topological polar surface area (TPSA) is 33.4 Å². The fourth-order valence-corrected chi connectivity index (χ4v) is 2.08. The molecular weight excluding hydrogens is 260 g/mol. The second-order valence-corrected chi connectivity index (χ2v) is 6.04. The van der Waals surface area contributed by atoms with Crippen LogP contribution < -0.4 is 4.90 Å². The fourth-order valence-electron chi connectivity index (χ4n) is 1.98. The highest BCUT2D eigenvalue weighted by molar-refractivity contribution is 6.20. The lowest BCUT2D eigenvalue weighted by atomic mass is 10.1. The first kappa shape index (κ1) is 14.1. The van der Waals surface area contributed by atoms with E-state index in [9.17, 15) is 0 Å². The van der Waals surface area contributed by atoms with Crippen molar-refractivity contribution in [3.8, 4) is 0 Å². The normalized spacial score (nSPS) is 13.2. The Kier molecular flexibility index (Phi) is 4.30. The van der Waals surface area contributed by atoms with Gasteiger partial charge in [-0.25, -0.2) is 9.50 Å². The van der Waals surface area contributed by atoms with Crippen LogP contribution in [-0.4, -0.2) is 33.6 Å². The van der Waals surface area contributed by atoms with Crippen LogP contribution >= 0.6 is 11.6 Å². The maximum Gasteiger partial charge on any atom is 0.154 e. The zero-order valence-corrected chi connectivity index (χ0v) is 12.7. The molecule has 0 aliphatic rings. The van der Waals surface area contributed by atoms with E-state index in [1.54, 1.807) is 6.20 Å². The molecule has 0 amide bonds. The molecule has 2 heterocycles. The molecule has 2 aromatic heterocycles. The molecule has 1 unspecified atom stereocenters. The number of nitrogens with zero attached hydrogens (tertiary/aromatic N) is 4. The summed E-state index contributed by atoms with van der Waals surface area (Å²) >= 11 is 6.01. The van der Waals surface area contributed by atoms with E-state index in [0.717, 1.165) is 30.0 Å². The number of aromatic nitrogens is 3. The molecule has 0 saturated carbocycles. The largest absolute Gasteiger partial charge is 0.358 e. The van der Waals surface area contributed by atoms with Crippen molar-refractivity contribution < 1.29 is 0 Å². The number of halogens is 1. The first-order valence-corrected chi connectivity index (χ1v) is 7.12. The predicted molar refractivity (Wildman–Crippen MR) is 80.3 cm³/mol. The molecule has 4 nitrogen and oxygen atoms in total. The first-order chi connectivity index (χ1) is 8.99. The van der Waals surface area contributed by atoms with Crippen LogP contribution in [0.3, 0.4) is 0 Å². The van der Waals surface area contributed by atoms with Crippen LogP contribution in [-0.2, 0) is 0 Å². The molecule has 0 spiro atoms. The van der Waals surface area contributed by atoms with Crippen molar-refractivity contribution in [2.45, 2.75) is 38.5 Å². The maximum absolute atomic E-state index is 6.01. The van der Waals surface area contributed by atoms with Gasteiger partial charge in [0.05, 0.1) is 5.69 Å². The van der Waals surface area contributed by atoms with Crippen LogP contribution in [0.4, 0.5) is 5.82 Å². The lowest BCUT2D eigenvalue weighted by molar-refractivity contribution is 0.761. The summed E-state index contributed by atoms with van der Waals surface area (Å²) in [4.78, 5) is 6.62. The minimum absolute atomic E-state index is 0.179. The Hall–Kier alpha value is -1.29. The Morgan fingerprint density at radius 3 is 2.74 bits per heavy atom. The monoisotopic (exact) mass is 280 g/mol. The summed E-state index contributed by atoms with van der Waals surface area (Å²) in [5, 5.41) is 4.75. The quantitative estimate of drug-likeness (QED) is 0.788. The van der Waals surface area contributed by atoms with Gasteiger partial charge in [-0.2, -0.15) is 5.10 Å². The molecule has 5 heteroatoms. The summed E-state index contributed by atoms with van der Waals surface area (Å²) in [6.45, 7) is 7.19. The molecule has 1 atom stereocenters. The second-order valence-electron chi connectivity index (χ2n) is 5.30. The molecule has 104 valence electrons. The van der Waals surface area contributed by atoms with Gasteiger partial charge in [-0.3, -0.25) is 0 Å². The summed E-state index contributed by atoms with van der Waals surface area (Å²) in [6, 6.07) is 2.12. The molecule has 19 heavy (non-hydrogen) atoms. The zero-order valence-electron chi connectivity index (χ0n) is 12.0. The van der Waals surface area contributed by atoms with Gasteiger partial charge < -0.3 is 4.90 Å². The first-order valence-electron chi connectivity index (χ1n) is 6.68. The van der Waals surface area contributed by atoms with Crippen molar-refractivity contribution in [3.05, 3.63) is 24.2 Å². The molecule has 0 bridgehead atoms. The number of rotatable bonds is 5. The molecule has 0 radical (unpaired) electrons. The summed E-state index contributed by atoms with van der Waals surface area (Å²) < 4.78 is 1.90. The zero-order chi connectivity index (χ0) is 14.0. The summed E-state index contributed by atoms with van der Waals surface area (Å²) in [5.41, 5.74) is 2.14. The van der Waals surface area contributed by atoms with Crippen LogP contribution in [0.15, 0.2) is 18.5 Å². The van der Waals surface area contributed by atoms with Crippen molar-refractivity contribution in [2.75, 3.05) is 18.5 Å². The van der Waals surface area contributed by atoms with Crippen LogP contribution in [0.1, 0.15) is 38.8 Å². The van der Waals surface area contributed by atoms with E-state index in [1.807, 2.05) is 24.7 Å². The molecular formula is C14H21ClN4. The van der Waals surface area contributed by atoms with E-state index in [-0.39, 0.29) is 5.38 Å². The molecule has 0 fully saturated rings. The lowest BCUT2D eigenvalue weighted by Crippen LogP contribution is -2.22.